The molecule has 1 heterocycles. The molecule has 2 N–H and O–H groups in total. The van der Waals surface area contributed by atoms with Crippen molar-refractivity contribution in [2.75, 3.05) is 7.05 Å². The van der Waals surface area contributed by atoms with Crippen LogP contribution in [0.3, 0.4) is 0 Å². The Labute approximate surface area is 37.5 Å². The lowest BCUT2D eigenvalue weighted by Gasteiger charge is -1.76. The first-order valence-corrected chi connectivity index (χ1v) is 2.29. The fourth-order valence-electron chi connectivity index (χ4n) is 0.552. The molecule has 0 saturated carbocycles. The molecule has 6 heavy (non-hydrogen) atoms. The number of quaternary nitrogens is 1. The fraction of sp³-hybridized carbons (Fsp3) is 1.00. The van der Waals surface area contributed by atoms with Crippen molar-refractivity contribution in [1.29, 1.82) is 0 Å². The fourth-order valence-corrected chi connectivity index (χ4v) is 0.552. The molecule has 0 bridgehead atoms. The number of likely N-dealkylation sites (N-methyl/N-ethyl adjacent to an activating group) is 1. The number of hydrogen-bond acceptors (Lipinski definition) is 1. The summed E-state index contributed by atoms with van der Waals surface area (Å²) in [5, 5.41) is 2.07. The summed E-state index contributed by atoms with van der Waals surface area (Å²) >= 11 is 0. The highest BCUT2D eigenvalue weighted by Crippen LogP contribution is 2.11. The predicted octanol–water partition coefficient (Wildman–Crippen LogP) is -1.08. The van der Waals surface area contributed by atoms with Gasteiger partial charge in [-0.15, -0.1) is 0 Å². The highest BCUT2D eigenvalue weighted by Gasteiger charge is 2.36. The van der Waals surface area contributed by atoms with Crippen molar-refractivity contribution in [3.8, 4) is 0 Å². The SMILES string of the molecule is C[NH2+]C1OC1C. The Hall–Kier alpha value is -0.0800. The van der Waals surface area contributed by atoms with E-state index in [1.807, 2.05) is 7.05 Å². The average Bonchev–Trinajstić information content (AvgIpc) is 2.19. The van der Waals surface area contributed by atoms with Gasteiger partial charge >= 0.3 is 0 Å². The molecular formula is C4H10NO+. The van der Waals surface area contributed by atoms with Crippen LogP contribution in [0, 0.1) is 0 Å². The Morgan fingerprint density at radius 2 is 2.17 bits per heavy atom. The zero-order valence-electron chi connectivity index (χ0n) is 4.14. The topological polar surface area (TPSA) is 29.1 Å². The van der Waals surface area contributed by atoms with E-state index in [1.54, 1.807) is 0 Å². The molecule has 0 spiro atoms. The maximum atomic E-state index is 5.01. The Morgan fingerprint density at radius 3 is 2.17 bits per heavy atom. The third kappa shape index (κ3) is 0.533. The Kier molecular flexibility index (Phi) is 0.821. The van der Waals surface area contributed by atoms with E-state index in [2.05, 4.69) is 12.2 Å². The highest BCUT2D eigenvalue weighted by molar-refractivity contribution is 4.65. The standard InChI is InChI=1S/C4H9NO/c1-3-4(5-2)6-3/h3-5H,1-2H3/p+1. The molecular weight excluding hydrogens is 78.0 g/mol. The maximum Gasteiger partial charge on any atom is 0.217 e. The van der Waals surface area contributed by atoms with Crippen LogP contribution in [0.2, 0.25) is 0 Å². The second kappa shape index (κ2) is 1.21. The molecule has 2 heteroatoms. The van der Waals surface area contributed by atoms with E-state index in [-0.39, 0.29) is 0 Å². The van der Waals surface area contributed by atoms with Crippen LogP contribution in [0.5, 0.6) is 0 Å². The molecule has 1 aliphatic heterocycles. The van der Waals surface area contributed by atoms with Crippen LogP contribution in [-0.4, -0.2) is 19.4 Å². The first-order chi connectivity index (χ1) is 2.84. The van der Waals surface area contributed by atoms with Gasteiger partial charge in [0.2, 0.25) is 6.23 Å². The zero-order valence-corrected chi connectivity index (χ0v) is 4.14. The van der Waals surface area contributed by atoms with Crippen LogP contribution in [0.25, 0.3) is 0 Å². The predicted molar refractivity (Wildman–Crippen MR) is 22.2 cm³/mol. The van der Waals surface area contributed by atoms with Gasteiger partial charge < -0.3 is 10.1 Å². The largest absolute Gasteiger partial charge is 0.321 e. The van der Waals surface area contributed by atoms with Gasteiger partial charge in [-0.2, -0.15) is 0 Å². The van der Waals surface area contributed by atoms with Gasteiger partial charge in [-0.25, -0.2) is 0 Å². The summed E-state index contributed by atoms with van der Waals surface area (Å²) in [4.78, 5) is 0. The maximum absolute atomic E-state index is 5.01. The van der Waals surface area contributed by atoms with Gasteiger partial charge in [0, 0.05) is 0 Å². The van der Waals surface area contributed by atoms with Crippen molar-refractivity contribution < 1.29 is 10.1 Å². The van der Waals surface area contributed by atoms with Crippen molar-refractivity contribution >= 4 is 0 Å². The third-order valence-corrected chi connectivity index (χ3v) is 1.09. The van der Waals surface area contributed by atoms with Gasteiger partial charge in [-0.05, 0) is 6.92 Å². The van der Waals surface area contributed by atoms with E-state index in [1.165, 1.54) is 0 Å². The molecule has 0 aromatic carbocycles. The Bertz CT molecular complexity index is 53.5. The summed E-state index contributed by atoms with van der Waals surface area (Å²) < 4.78 is 5.01. The van der Waals surface area contributed by atoms with Crippen LogP contribution in [0.4, 0.5) is 0 Å². The summed E-state index contributed by atoms with van der Waals surface area (Å²) in [7, 11) is 2.02. The molecule has 2 unspecified atom stereocenters. The van der Waals surface area contributed by atoms with Crippen molar-refractivity contribution in [2.24, 2.45) is 0 Å². The van der Waals surface area contributed by atoms with Crippen molar-refractivity contribution in [1.82, 2.24) is 0 Å². The molecule has 1 saturated heterocycles. The molecule has 0 amide bonds. The number of ether oxygens (including phenoxy) is 1. The lowest BCUT2D eigenvalue weighted by atomic mass is 10.5. The minimum Gasteiger partial charge on any atom is -0.321 e. The summed E-state index contributed by atoms with van der Waals surface area (Å²) in [5.74, 6) is 0. The number of epoxide rings is 1. The van der Waals surface area contributed by atoms with Gasteiger partial charge in [0.1, 0.15) is 6.10 Å². The van der Waals surface area contributed by atoms with E-state index in [9.17, 15) is 0 Å². The van der Waals surface area contributed by atoms with Gasteiger partial charge in [-0.1, -0.05) is 0 Å². The van der Waals surface area contributed by atoms with Gasteiger partial charge in [-0.3, -0.25) is 0 Å². The van der Waals surface area contributed by atoms with Crippen molar-refractivity contribution in [3.63, 3.8) is 0 Å². The summed E-state index contributed by atoms with van der Waals surface area (Å²) in [5.41, 5.74) is 0. The molecule has 1 rings (SSSR count). The first kappa shape index (κ1) is 4.09. The van der Waals surface area contributed by atoms with E-state index >= 15 is 0 Å². The van der Waals surface area contributed by atoms with E-state index < -0.39 is 0 Å². The molecule has 0 aromatic heterocycles. The minimum absolute atomic E-state index is 0.477. The summed E-state index contributed by atoms with van der Waals surface area (Å²) in [6, 6.07) is 0. The minimum atomic E-state index is 0.477. The number of hydrogen-bond donors (Lipinski definition) is 1. The molecule has 0 aromatic rings. The quantitative estimate of drug-likeness (QED) is 0.406. The highest BCUT2D eigenvalue weighted by atomic mass is 16.6. The van der Waals surface area contributed by atoms with Crippen LogP contribution < -0.4 is 5.32 Å². The van der Waals surface area contributed by atoms with E-state index in [4.69, 9.17) is 4.74 Å². The van der Waals surface area contributed by atoms with Crippen molar-refractivity contribution in [2.45, 2.75) is 19.3 Å². The van der Waals surface area contributed by atoms with Crippen LogP contribution in [0.15, 0.2) is 0 Å². The molecule has 1 aliphatic rings. The average molecular weight is 88.1 g/mol. The van der Waals surface area contributed by atoms with Gasteiger partial charge in [0.25, 0.3) is 0 Å². The van der Waals surface area contributed by atoms with Gasteiger partial charge in [0.05, 0.1) is 7.05 Å². The van der Waals surface area contributed by atoms with Crippen LogP contribution in [-0.2, 0) is 4.74 Å². The summed E-state index contributed by atoms with van der Waals surface area (Å²) in [6.45, 7) is 2.07. The molecule has 0 aliphatic carbocycles. The molecule has 1 fully saturated rings. The first-order valence-electron chi connectivity index (χ1n) is 2.29. The zero-order chi connectivity index (χ0) is 4.57. The lowest BCUT2D eigenvalue weighted by molar-refractivity contribution is -0.657. The van der Waals surface area contributed by atoms with Crippen LogP contribution >= 0.6 is 0 Å². The molecule has 0 radical (unpaired) electrons. The second-order valence-corrected chi connectivity index (χ2v) is 1.64. The Morgan fingerprint density at radius 1 is 1.67 bits per heavy atom. The molecule has 2 nitrogen and oxygen atoms in total. The second-order valence-electron chi connectivity index (χ2n) is 1.64. The summed E-state index contributed by atoms with van der Waals surface area (Å²) in [6.07, 6.45) is 0.986. The van der Waals surface area contributed by atoms with E-state index in [0.29, 0.717) is 12.3 Å². The number of nitrogens with two attached hydrogens (primary N) is 1. The molecule has 2 atom stereocenters. The van der Waals surface area contributed by atoms with E-state index in [0.717, 1.165) is 0 Å². The third-order valence-electron chi connectivity index (χ3n) is 1.09. The lowest BCUT2D eigenvalue weighted by Crippen LogP contribution is -2.82. The van der Waals surface area contributed by atoms with Crippen LogP contribution in [0.1, 0.15) is 6.92 Å². The number of rotatable bonds is 1. The monoisotopic (exact) mass is 88.1 g/mol. The van der Waals surface area contributed by atoms with Gasteiger partial charge in [0.15, 0.2) is 0 Å². The Balaban J connectivity index is 2.09. The molecule has 36 valence electrons. The normalized spacial score (nSPS) is 43.0. The smallest absolute Gasteiger partial charge is 0.217 e. The van der Waals surface area contributed by atoms with Crippen molar-refractivity contribution in [3.05, 3.63) is 0 Å².